The topological polar surface area (TPSA) is 130 Å². The summed E-state index contributed by atoms with van der Waals surface area (Å²) in [5.41, 5.74) is -0.646. The van der Waals surface area contributed by atoms with Crippen molar-refractivity contribution < 1.29 is 28.3 Å². The van der Waals surface area contributed by atoms with Crippen LogP contribution in [-0.4, -0.2) is 66.5 Å². The van der Waals surface area contributed by atoms with Gasteiger partial charge in [-0.3, -0.25) is 19.3 Å². The number of hydrogen-bond donors (Lipinski definition) is 3. The van der Waals surface area contributed by atoms with Gasteiger partial charge in [0.1, 0.15) is 11.6 Å². The average Bonchev–Trinajstić information content (AvgIpc) is 3.33. The first kappa shape index (κ1) is 22.3. The molecule has 2 heterocycles. The molecule has 1 fully saturated rings. The van der Waals surface area contributed by atoms with Crippen LogP contribution < -0.4 is 16.0 Å². The summed E-state index contributed by atoms with van der Waals surface area (Å²) in [4.78, 5) is 49.5. The van der Waals surface area contributed by atoms with E-state index in [1.807, 2.05) is 0 Å². The highest BCUT2D eigenvalue weighted by atomic mass is 16.6. The van der Waals surface area contributed by atoms with E-state index < -0.39 is 29.6 Å². The molecule has 1 aromatic heterocycles. The minimum Gasteiger partial charge on any atom is -0.459 e. The summed E-state index contributed by atoms with van der Waals surface area (Å²) >= 11 is 0. The number of carbonyl (C=O) groups excluding carboxylic acids is 4. The SMILES string of the molecule is CC(C)(C)OC(=O)N1CCCC1C(=O)NCC(=O)NCCNC(=O)c1ccco1. The normalized spacial score (nSPS) is 16.2. The number of nitrogens with one attached hydrogen (secondary N) is 3. The van der Waals surface area contributed by atoms with E-state index in [1.54, 1.807) is 26.8 Å². The van der Waals surface area contributed by atoms with Crippen LogP contribution in [0, 0.1) is 0 Å². The van der Waals surface area contributed by atoms with Gasteiger partial charge in [0.2, 0.25) is 11.8 Å². The molecule has 1 aromatic rings. The Bertz CT molecular complexity index is 726. The van der Waals surface area contributed by atoms with Gasteiger partial charge in [-0.15, -0.1) is 0 Å². The predicted octanol–water partition coefficient (Wildman–Crippen LogP) is 0.641. The second-order valence-electron chi connectivity index (χ2n) is 7.63. The van der Waals surface area contributed by atoms with Crippen LogP contribution in [0.2, 0.25) is 0 Å². The monoisotopic (exact) mass is 408 g/mol. The Hall–Kier alpha value is -3.04. The van der Waals surface area contributed by atoms with E-state index in [0.29, 0.717) is 19.4 Å². The van der Waals surface area contributed by atoms with E-state index in [9.17, 15) is 19.2 Å². The third-order valence-corrected chi connectivity index (χ3v) is 4.08. The number of furan rings is 1. The van der Waals surface area contributed by atoms with Crippen LogP contribution in [-0.2, 0) is 14.3 Å². The molecule has 0 bridgehead atoms. The van der Waals surface area contributed by atoms with E-state index in [2.05, 4.69) is 16.0 Å². The highest BCUT2D eigenvalue weighted by Crippen LogP contribution is 2.20. The highest BCUT2D eigenvalue weighted by molar-refractivity contribution is 5.91. The molecule has 10 heteroatoms. The van der Waals surface area contributed by atoms with Gasteiger partial charge >= 0.3 is 6.09 Å². The van der Waals surface area contributed by atoms with Crippen LogP contribution in [0.5, 0.6) is 0 Å². The van der Waals surface area contributed by atoms with Crippen molar-refractivity contribution >= 4 is 23.8 Å². The largest absolute Gasteiger partial charge is 0.459 e. The van der Waals surface area contributed by atoms with Crippen LogP contribution in [0.25, 0.3) is 0 Å². The summed E-state index contributed by atoms with van der Waals surface area (Å²) < 4.78 is 10.3. The van der Waals surface area contributed by atoms with Crippen molar-refractivity contribution in [2.24, 2.45) is 0 Å². The molecule has 160 valence electrons. The van der Waals surface area contributed by atoms with Gasteiger partial charge in [0, 0.05) is 19.6 Å². The summed E-state index contributed by atoms with van der Waals surface area (Å²) in [5, 5.41) is 7.73. The second kappa shape index (κ2) is 9.94. The zero-order valence-electron chi connectivity index (χ0n) is 16.9. The van der Waals surface area contributed by atoms with Crippen molar-refractivity contribution in [3.63, 3.8) is 0 Å². The number of rotatable bonds is 7. The van der Waals surface area contributed by atoms with Crippen molar-refractivity contribution in [1.29, 1.82) is 0 Å². The van der Waals surface area contributed by atoms with Gasteiger partial charge < -0.3 is 25.1 Å². The summed E-state index contributed by atoms with van der Waals surface area (Å²) in [6.07, 6.45) is 2.07. The van der Waals surface area contributed by atoms with Gasteiger partial charge in [-0.05, 0) is 45.7 Å². The van der Waals surface area contributed by atoms with Gasteiger partial charge in [-0.2, -0.15) is 0 Å². The van der Waals surface area contributed by atoms with Gasteiger partial charge in [-0.1, -0.05) is 0 Å². The fourth-order valence-electron chi connectivity index (χ4n) is 2.80. The molecule has 1 unspecified atom stereocenters. The van der Waals surface area contributed by atoms with E-state index in [-0.39, 0.29) is 31.3 Å². The first-order valence-electron chi connectivity index (χ1n) is 9.53. The standard InChI is InChI=1S/C19H28N4O6/c1-19(2,3)29-18(27)23-10-4-6-13(23)16(25)22-12-15(24)20-8-9-21-17(26)14-7-5-11-28-14/h5,7,11,13H,4,6,8-10,12H2,1-3H3,(H,20,24)(H,21,26)(H,22,25). The Labute approximate surface area is 169 Å². The van der Waals surface area contributed by atoms with Crippen LogP contribution in [0.15, 0.2) is 22.8 Å². The molecule has 0 saturated carbocycles. The molecule has 3 N–H and O–H groups in total. The van der Waals surface area contributed by atoms with Crippen molar-refractivity contribution in [2.45, 2.75) is 45.3 Å². The number of nitrogens with zero attached hydrogens (tertiary/aromatic N) is 1. The number of likely N-dealkylation sites (tertiary alicyclic amines) is 1. The van der Waals surface area contributed by atoms with Gasteiger partial charge in [-0.25, -0.2) is 4.79 Å². The molecule has 1 aliphatic heterocycles. The third kappa shape index (κ3) is 7.13. The second-order valence-corrected chi connectivity index (χ2v) is 7.63. The lowest BCUT2D eigenvalue weighted by Crippen LogP contribution is -2.49. The van der Waals surface area contributed by atoms with Crippen molar-refractivity contribution in [3.8, 4) is 0 Å². The van der Waals surface area contributed by atoms with E-state index >= 15 is 0 Å². The van der Waals surface area contributed by atoms with Crippen LogP contribution in [0.3, 0.4) is 0 Å². The van der Waals surface area contributed by atoms with Crippen molar-refractivity contribution in [2.75, 3.05) is 26.2 Å². The molecule has 29 heavy (non-hydrogen) atoms. The fraction of sp³-hybridized carbons (Fsp3) is 0.579. The minimum absolute atomic E-state index is 0.190. The molecular weight excluding hydrogens is 380 g/mol. The molecular formula is C19H28N4O6. The quantitative estimate of drug-likeness (QED) is 0.568. The summed E-state index contributed by atoms with van der Waals surface area (Å²) in [6.45, 7) is 5.92. The number of carbonyl (C=O) groups is 4. The van der Waals surface area contributed by atoms with Crippen molar-refractivity contribution in [1.82, 2.24) is 20.9 Å². The molecule has 1 atom stereocenters. The van der Waals surface area contributed by atoms with Crippen LogP contribution in [0.1, 0.15) is 44.2 Å². The summed E-state index contributed by atoms with van der Waals surface area (Å²) in [7, 11) is 0. The molecule has 1 saturated heterocycles. The van der Waals surface area contributed by atoms with E-state index in [0.717, 1.165) is 0 Å². The molecule has 0 radical (unpaired) electrons. The zero-order valence-corrected chi connectivity index (χ0v) is 16.9. The lowest BCUT2D eigenvalue weighted by Gasteiger charge is -2.28. The lowest BCUT2D eigenvalue weighted by atomic mass is 10.2. The van der Waals surface area contributed by atoms with Gasteiger partial charge in [0.25, 0.3) is 5.91 Å². The maximum atomic E-state index is 12.4. The third-order valence-electron chi connectivity index (χ3n) is 4.08. The molecule has 2 rings (SSSR count). The van der Waals surface area contributed by atoms with Gasteiger partial charge in [0.15, 0.2) is 5.76 Å². The predicted molar refractivity (Wildman–Crippen MR) is 103 cm³/mol. The Morgan fingerprint density at radius 2 is 1.90 bits per heavy atom. The van der Waals surface area contributed by atoms with Crippen LogP contribution in [0.4, 0.5) is 4.79 Å². The van der Waals surface area contributed by atoms with Gasteiger partial charge in [0.05, 0.1) is 12.8 Å². The summed E-state index contributed by atoms with van der Waals surface area (Å²) in [5.74, 6) is -0.974. The summed E-state index contributed by atoms with van der Waals surface area (Å²) in [6, 6.07) is 2.49. The molecule has 10 nitrogen and oxygen atoms in total. The Morgan fingerprint density at radius 1 is 1.17 bits per heavy atom. The lowest BCUT2D eigenvalue weighted by molar-refractivity contribution is -0.128. The van der Waals surface area contributed by atoms with E-state index in [1.165, 1.54) is 17.2 Å². The number of ether oxygens (including phenoxy) is 1. The molecule has 0 aromatic carbocycles. The first-order chi connectivity index (χ1) is 13.7. The number of amides is 4. The highest BCUT2D eigenvalue weighted by Gasteiger charge is 2.36. The molecule has 1 aliphatic rings. The minimum atomic E-state index is -0.648. The Morgan fingerprint density at radius 3 is 2.55 bits per heavy atom. The molecule has 4 amide bonds. The molecule has 0 spiro atoms. The van der Waals surface area contributed by atoms with Crippen LogP contribution >= 0.6 is 0 Å². The smallest absolute Gasteiger partial charge is 0.410 e. The van der Waals surface area contributed by atoms with E-state index in [4.69, 9.17) is 9.15 Å². The Balaban J connectivity index is 1.67. The number of hydrogen-bond acceptors (Lipinski definition) is 6. The van der Waals surface area contributed by atoms with Crippen molar-refractivity contribution in [3.05, 3.63) is 24.2 Å². The first-order valence-corrected chi connectivity index (χ1v) is 9.53. The maximum Gasteiger partial charge on any atom is 0.410 e. The maximum absolute atomic E-state index is 12.4. The fourth-order valence-corrected chi connectivity index (χ4v) is 2.80. The zero-order chi connectivity index (χ0) is 21.4. The Kier molecular flexibility index (Phi) is 7.63. The molecule has 0 aliphatic carbocycles. The average molecular weight is 408 g/mol.